The number of carbonyl (C=O) groups excluding carboxylic acids is 2. The SMILES string of the molecule is CCOC(=O)C(=N)C1=C(NCC(=O)N2CC[C@@H](Oc3ncccc3C(F)(F)F)C[C@H]2C)C[C@H]2C[C@@H]12. The molecule has 8 nitrogen and oxygen atoms in total. The van der Waals surface area contributed by atoms with Crippen LogP contribution in [0.3, 0.4) is 0 Å². The van der Waals surface area contributed by atoms with Crippen molar-refractivity contribution in [3.8, 4) is 5.88 Å². The molecule has 1 aliphatic heterocycles. The van der Waals surface area contributed by atoms with Gasteiger partial charge in [0.05, 0.1) is 13.2 Å². The molecule has 1 saturated carbocycles. The van der Waals surface area contributed by atoms with Gasteiger partial charge in [-0.05, 0) is 50.7 Å². The average Bonchev–Trinajstić information content (AvgIpc) is 3.47. The summed E-state index contributed by atoms with van der Waals surface area (Å²) in [6.45, 7) is 4.08. The van der Waals surface area contributed by atoms with E-state index in [9.17, 15) is 22.8 Å². The van der Waals surface area contributed by atoms with Gasteiger partial charge in [0.15, 0.2) is 0 Å². The number of allylic oxidation sites excluding steroid dienone is 1. The van der Waals surface area contributed by atoms with Gasteiger partial charge in [-0.25, -0.2) is 9.78 Å². The Hall–Kier alpha value is -3.11. The van der Waals surface area contributed by atoms with Gasteiger partial charge in [-0.2, -0.15) is 13.2 Å². The molecule has 190 valence electrons. The quantitative estimate of drug-likeness (QED) is 0.424. The molecule has 0 bridgehead atoms. The normalized spacial score (nSPS) is 25.7. The lowest BCUT2D eigenvalue weighted by Gasteiger charge is -2.37. The molecule has 0 spiro atoms. The molecule has 3 aliphatic rings. The first-order chi connectivity index (χ1) is 16.6. The summed E-state index contributed by atoms with van der Waals surface area (Å²) < 4.78 is 50.2. The Morgan fingerprint density at radius 2 is 2.09 bits per heavy atom. The molecule has 1 aromatic heterocycles. The number of pyridine rings is 1. The maximum atomic E-state index is 13.2. The van der Waals surface area contributed by atoms with Gasteiger partial charge in [0.1, 0.15) is 17.4 Å². The van der Waals surface area contributed by atoms with Gasteiger partial charge >= 0.3 is 12.1 Å². The van der Waals surface area contributed by atoms with E-state index in [2.05, 4.69) is 10.3 Å². The van der Waals surface area contributed by atoms with Crippen LogP contribution in [0.5, 0.6) is 5.88 Å². The van der Waals surface area contributed by atoms with E-state index in [-0.39, 0.29) is 36.7 Å². The van der Waals surface area contributed by atoms with E-state index in [0.717, 1.165) is 18.2 Å². The first kappa shape index (κ1) is 25.0. The second kappa shape index (κ2) is 9.87. The fourth-order valence-corrected chi connectivity index (χ4v) is 4.99. The highest BCUT2D eigenvalue weighted by atomic mass is 19.4. The van der Waals surface area contributed by atoms with Gasteiger partial charge < -0.3 is 19.7 Å². The van der Waals surface area contributed by atoms with Crippen molar-refractivity contribution >= 4 is 17.6 Å². The van der Waals surface area contributed by atoms with Gasteiger partial charge in [0.25, 0.3) is 0 Å². The number of nitrogens with one attached hydrogen (secondary N) is 2. The minimum absolute atomic E-state index is 0.0166. The summed E-state index contributed by atoms with van der Waals surface area (Å²) in [6.07, 6.45) is -1.38. The van der Waals surface area contributed by atoms with Crippen molar-refractivity contribution in [2.24, 2.45) is 11.8 Å². The van der Waals surface area contributed by atoms with Gasteiger partial charge in [0.2, 0.25) is 11.8 Å². The number of carbonyl (C=O) groups is 2. The number of likely N-dealkylation sites (tertiary alicyclic amines) is 1. The van der Waals surface area contributed by atoms with E-state index in [1.165, 1.54) is 12.3 Å². The number of nitrogens with zero attached hydrogens (tertiary/aromatic N) is 2. The lowest BCUT2D eigenvalue weighted by molar-refractivity contribution is -0.140. The number of fused-ring (bicyclic) bond motifs is 1. The summed E-state index contributed by atoms with van der Waals surface area (Å²) in [5.74, 6) is -0.679. The molecule has 2 fully saturated rings. The van der Waals surface area contributed by atoms with E-state index in [0.29, 0.717) is 37.3 Å². The number of hydrogen-bond donors (Lipinski definition) is 2. The zero-order valence-corrected chi connectivity index (χ0v) is 19.7. The third-order valence-electron chi connectivity index (χ3n) is 6.79. The van der Waals surface area contributed by atoms with E-state index in [1.54, 1.807) is 11.8 Å². The molecule has 1 saturated heterocycles. The number of halogens is 3. The summed E-state index contributed by atoms with van der Waals surface area (Å²) in [4.78, 5) is 30.4. The molecule has 4 rings (SSSR count). The highest BCUT2D eigenvalue weighted by molar-refractivity contribution is 6.42. The van der Waals surface area contributed by atoms with Crippen molar-refractivity contribution in [2.75, 3.05) is 19.7 Å². The lowest BCUT2D eigenvalue weighted by Crippen LogP contribution is -2.50. The van der Waals surface area contributed by atoms with E-state index in [4.69, 9.17) is 14.9 Å². The van der Waals surface area contributed by atoms with E-state index in [1.807, 2.05) is 6.92 Å². The smallest absolute Gasteiger partial charge is 0.421 e. The van der Waals surface area contributed by atoms with Gasteiger partial charge in [0, 0.05) is 42.9 Å². The maximum absolute atomic E-state index is 13.2. The largest absolute Gasteiger partial charge is 0.474 e. The van der Waals surface area contributed by atoms with E-state index >= 15 is 0 Å². The highest BCUT2D eigenvalue weighted by Crippen LogP contribution is 2.54. The predicted molar refractivity (Wildman–Crippen MR) is 120 cm³/mol. The topological polar surface area (TPSA) is 105 Å². The molecule has 4 atom stereocenters. The molecule has 35 heavy (non-hydrogen) atoms. The number of hydrogen-bond acceptors (Lipinski definition) is 7. The third-order valence-corrected chi connectivity index (χ3v) is 6.79. The predicted octanol–water partition coefficient (Wildman–Crippen LogP) is 3.33. The molecule has 11 heteroatoms. The van der Waals surface area contributed by atoms with Crippen molar-refractivity contribution in [1.29, 1.82) is 5.41 Å². The van der Waals surface area contributed by atoms with Crippen molar-refractivity contribution in [1.82, 2.24) is 15.2 Å². The van der Waals surface area contributed by atoms with Crippen molar-refractivity contribution < 1.29 is 32.2 Å². The Morgan fingerprint density at radius 3 is 2.77 bits per heavy atom. The average molecular weight is 495 g/mol. The van der Waals surface area contributed by atoms with Gasteiger partial charge in [-0.15, -0.1) is 0 Å². The zero-order chi connectivity index (χ0) is 25.3. The van der Waals surface area contributed by atoms with Crippen LogP contribution in [0.1, 0.15) is 45.1 Å². The molecule has 2 N–H and O–H groups in total. The molecular formula is C24H29F3N4O4. The van der Waals surface area contributed by atoms with E-state index < -0.39 is 29.7 Å². The molecule has 1 aromatic rings. The van der Waals surface area contributed by atoms with Gasteiger partial charge in [-0.3, -0.25) is 10.2 Å². The zero-order valence-electron chi connectivity index (χ0n) is 19.7. The van der Waals surface area contributed by atoms with Crippen LogP contribution >= 0.6 is 0 Å². The fraction of sp³-hybridized carbons (Fsp3) is 0.583. The van der Waals surface area contributed by atoms with Crippen LogP contribution < -0.4 is 10.1 Å². The van der Waals surface area contributed by atoms with Crippen LogP contribution in [0.2, 0.25) is 0 Å². The van der Waals surface area contributed by atoms with Crippen LogP contribution in [0.25, 0.3) is 0 Å². The van der Waals surface area contributed by atoms with Gasteiger partial charge in [-0.1, -0.05) is 0 Å². The second-order valence-corrected chi connectivity index (χ2v) is 9.20. The summed E-state index contributed by atoms with van der Waals surface area (Å²) in [5.41, 5.74) is 0.337. The van der Waals surface area contributed by atoms with Crippen molar-refractivity contribution in [3.05, 3.63) is 35.2 Å². The fourth-order valence-electron chi connectivity index (χ4n) is 4.99. The number of alkyl halides is 3. The van der Waals surface area contributed by atoms with Crippen molar-refractivity contribution in [3.63, 3.8) is 0 Å². The molecular weight excluding hydrogens is 465 g/mol. The third kappa shape index (κ3) is 5.43. The first-order valence-electron chi connectivity index (χ1n) is 11.8. The minimum atomic E-state index is -4.56. The Bertz CT molecular complexity index is 1040. The molecule has 0 aromatic carbocycles. The number of amides is 1. The Balaban J connectivity index is 1.33. The molecule has 0 unspecified atom stereocenters. The van der Waals surface area contributed by atoms with Crippen LogP contribution in [-0.4, -0.2) is 59.3 Å². The molecule has 1 amide bonds. The number of rotatable bonds is 8. The minimum Gasteiger partial charge on any atom is -0.474 e. The van der Waals surface area contributed by atoms with Crippen LogP contribution in [0, 0.1) is 17.2 Å². The van der Waals surface area contributed by atoms with Crippen molar-refractivity contribution in [2.45, 2.75) is 57.9 Å². The molecule has 2 heterocycles. The standard InChI is InChI=1S/C24H29F3N4O4/c1-3-34-23(33)21(28)20-16-10-14(16)11-18(20)30-12-19(32)31-8-6-15(9-13(31)2)35-22-17(24(25,26)27)5-4-7-29-22/h4-5,7,13-16,28,30H,3,6,8-12H2,1-2H3/t13-,14-,15-,16-/m1/s1. The Labute approximate surface area is 201 Å². The summed E-state index contributed by atoms with van der Waals surface area (Å²) >= 11 is 0. The lowest BCUT2D eigenvalue weighted by atomic mass is 10.0. The summed E-state index contributed by atoms with van der Waals surface area (Å²) in [6, 6.07) is 1.92. The number of ether oxygens (including phenoxy) is 2. The number of piperidine rings is 1. The Morgan fingerprint density at radius 1 is 1.31 bits per heavy atom. The highest BCUT2D eigenvalue weighted by Gasteiger charge is 2.49. The second-order valence-electron chi connectivity index (χ2n) is 9.20. The maximum Gasteiger partial charge on any atom is 0.421 e. The monoisotopic (exact) mass is 494 g/mol. The summed E-state index contributed by atoms with van der Waals surface area (Å²) in [7, 11) is 0. The first-order valence-corrected chi connectivity index (χ1v) is 11.8. The molecule has 0 radical (unpaired) electrons. The van der Waals surface area contributed by atoms with Crippen LogP contribution in [0.15, 0.2) is 29.6 Å². The summed E-state index contributed by atoms with van der Waals surface area (Å²) in [5, 5.41) is 11.3. The number of esters is 1. The van der Waals surface area contributed by atoms with Crippen LogP contribution in [-0.2, 0) is 20.5 Å². The number of aromatic nitrogens is 1. The molecule has 2 aliphatic carbocycles. The Kier molecular flexibility index (Phi) is 7.05. The van der Waals surface area contributed by atoms with Crippen LogP contribution in [0.4, 0.5) is 13.2 Å².